The van der Waals surface area contributed by atoms with Crippen molar-refractivity contribution < 1.29 is 4.74 Å². The van der Waals surface area contributed by atoms with Crippen molar-refractivity contribution in [3.05, 3.63) is 34.3 Å². The third-order valence-electron chi connectivity index (χ3n) is 1.93. The van der Waals surface area contributed by atoms with Crippen molar-refractivity contribution in [1.82, 2.24) is 4.44 Å². The van der Waals surface area contributed by atoms with Crippen molar-refractivity contribution >= 4 is 27.1 Å². The van der Waals surface area contributed by atoms with Gasteiger partial charge in [0.15, 0.2) is 0 Å². The summed E-state index contributed by atoms with van der Waals surface area (Å²) in [5.74, 6) is 1.63. The van der Waals surface area contributed by atoms with E-state index in [9.17, 15) is 0 Å². The number of ether oxygens (including phenoxy) is 1. The second-order valence-electron chi connectivity index (χ2n) is 2.76. The molecule has 0 saturated carbocycles. The van der Waals surface area contributed by atoms with Gasteiger partial charge in [-0.2, -0.15) is 0 Å². The molecule has 2 aliphatic heterocycles. The topological polar surface area (TPSA) is 33.6 Å². The van der Waals surface area contributed by atoms with Crippen molar-refractivity contribution in [2.24, 2.45) is 5.10 Å². The van der Waals surface area contributed by atoms with Crippen LogP contribution in [0.3, 0.4) is 0 Å². The quantitative estimate of drug-likeness (QED) is 0.682. The molecule has 0 amide bonds. The van der Waals surface area contributed by atoms with E-state index in [1.165, 1.54) is 4.47 Å². The van der Waals surface area contributed by atoms with E-state index in [1.807, 2.05) is 24.3 Å². The van der Waals surface area contributed by atoms with Gasteiger partial charge in [-0.1, -0.05) is 0 Å². The minimum absolute atomic E-state index is 0.239. The summed E-state index contributed by atoms with van der Waals surface area (Å²) in [6.45, 7) is 0. The van der Waals surface area contributed by atoms with Gasteiger partial charge in [-0.3, -0.25) is 0 Å². The van der Waals surface area contributed by atoms with Crippen LogP contribution in [-0.4, -0.2) is 21.1 Å². The van der Waals surface area contributed by atoms with E-state index >= 15 is 0 Å². The van der Waals surface area contributed by atoms with Crippen molar-refractivity contribution in [3.8, 4) is 5.75 Å². The number of para-hydroxylation sites is 1. The van der Waals surface area contributed by atoms with Crippen LogP contribution in [0.4, 0.5) is 0 Å². The van der Waals surface area contributed by atoms with E-state index < -0.39 is 0 Å². The summed E-state index contributed by atoms with van der Waals surface area (Å²) >= 11 is 0.239. The van der Waals surface area contributed by atoms with Crippen LogP contribution in [0.2, 0.25) is 0 Å². The number of hydrogen-bond acceptors (Lipinski definition) is 3. The van der Waals surface area contributed by atoms with Crippen molar-refractivity contribution in [1.29, 1.82) is 0 Å². The normalized spacial score (nSPS) is 17.5. The molecule has 13 heavy (non-hydrogen) atoms. The van der Waals surface area contributed by atoms with E-state index in [1.54, 1.807) is 0 Å². The summed E-state index contributed by atoms with van der Waals surface area (Å²) in [4.78, 5) is 0. The Labute approximate surface area is 81.8 Å². The minimum atomic E-state index is 0.239. The molecule has 0 saturated heterocycles. The van der Waals surface area contributed by atoms with Crippen LogP contribution in [0.15, 0.2) is 33.8 Å². The predicted octanol–water partition coefficient (Wildman–Crippen LogP) is 0.956. The van der Waals surface area contributed by atoms with E-state index in [-0.39, 0.29) is 15.2 Å². The first-order chi connectivity index (χ1) is 6.43. The van der Waals surface area contributed by atoms with Gasteiger partial charge in [-0.25, -0.2) is 0 Å². The molecule has 0 spiro atoms. The molecule has 1 N–H and O–H groups in total. The summed E-state index contributed by atoms with van der Waals surface area (Å²) in [5, 5.41) is 4.06. The van der Waals surface area contributed by atoms with Crippen LogP contribution < -0.4 is 9.18 Å². The second kappa shape index (κ2) is 2.62. The molecule has 1 aromatic carbocycles. The molecule has 0 aliphatic carbocycles. The first-order valence-corrected chi connectivity index (χ1v) is 5.63. The van der Waals surface area contributed by atoms with Crippen LogP contribution in [-0.2, 0) is 0 Å². The SMILES string of the molecule is C1=C2[Se]NN=C2Oc2ccccc21. The predicted molar refractivity (Wildman–Crippen MR) is 51.4 cm³/mol. The van der Waals surface area contributed by atoms with Crippen LogP contribution in [0, 0.1) is 0 Å². The van der Waals surface area contributed by atoms with Gasteiger partial charge < -0.3 is 0 Å². The van der Waals surface area contributed by atoms with Gasteiger partial charge in [0.05, 0.1) is 0 Å². The Morgan fingerprint density at radius 3 is 3.23 bits per heavy atom. The Bertz CT molecular complexity index is 425. The van der Waals surface area contributed by atoms with E-state index in [4.69, 9.17) is 4.74 Å². The maximum atomic E-state index is 5.59. The number of nitrogens with zero attached hydrogens (tertiary/aromatic N) is 1. The molecular weight excluding hydrogens is 231 g/mol. The van der Waals surface area contributed by atoms with Crippen LogP contribution >= 0.6 is 0 Å². The summed E-state index contributed by atoms with van der Waals surface area (Å²) < 4.78 is 9.73. The van der Waals surface area contributed by atoms with Gasteiger partial charge in [-0.05, 0) is 0 Å². The van der Waals surface area contributed by atoms with Gasteiger partial charge in [-0.15, -0.1) is 0 Å². The number of rotatable bonds is 0. The molecule has 0 aromatic heterocycles. The molecular formula is C9H6N2OSe. The Hall–Kier alpha value is -1.25. The molecule has 64 valence electrons. The fourth-order valence-corrected chi connectivity index (χ4v) is 2.55. The number of hydrazone groups is 1. The molecule has 0 atom stereocenters. The first kappa shape index (κ1) is 7.18. The molecule has 0 radical (unpaired) electrons. The van der Waals surface area contributed by atoms with Crippen molar-refractivity contribution in [3.63, 3.8) is 0 Å². The molecule has 3 nitrogen and oxygen atoms in total. The third kappa shape index (κ3) is 1.07. The molecule has 0 unspecified atom stereocenters. The summed E-state index contributed by atoms with van der Waals surface area (Å²) in [5.41, 5.74) is 1.14. The van der Waals surface area contributed by atoms with E-state index in [2.05, 4.69) is 15.6 Å². The number of nitrogens with one attached hydrogen (secondary N) is 1. The van der Waals surface area contributed by atoms with Gasteiger partial charge in [0.1, 0.15) is 0 Å². The third-order valence-corrected chi connectivity index (χ3v) is 3.38. The van der Waals surface area contributed by atoms with Crippen LogP contribution in [0.5, 0.6) is 5.75 Å². The van der Waals surface area contributed by atoms with Gasteiger partial charge in [0.2, 0.25) is 0 Å². The summed E-state index contributed by atoms with van der Waals surface area (Å²) in [7, 11) is 0. The number of fused-ring (bicyclic) bond motifs is 2. The zero-order valence-corrected chi connectivity index (χ0v) is 8.36. The standard InChI is InChI=1S/C9H6N2OSe/c1-2-4-7-6(3-1)5-8-9(12-7)10-11-13-8/h1-5,11H. The summed E-state index contributed by atoms with van der Waals surface area (Å²) in [6, 6.07) is 7.98. The maximum absolute atomic E-state index is 5.59. The average Bonchev–Trinajstić information content (AvgIpc) is 2.61. The van der Waals surface area contributed by atoms with E-state index in [0.29, 0.717) is 0 Å². The Kier molecular flexibility index (Phi) is 1.45. The molecule has 0 bridgehead atoms. The van der Waals surface area contributed by atoms with E-state index in [0.717, 1.165) is 17.2 Å². The number of hydrogen-bond donors (Lipinski definition) is 1. The fraction of sp³-hybridized carbons (Fsp3) is 0. The molecule has 3 rings (SSSR count). The molecule has 1 aromatic rings. The zero-order chi connectivity index (χ0) is 8.67. The van der Waals surface area contributed by atoms with Gasteiger partial charge in [0.25, 0.3) is 0 Å². The fourth-order valence-electron chi connectivity index (χ4n) is 1.31. The molecule has 0 fully saturated rings. The van der Waals surface area contributed by atoms with Crippen molar-refractivity contribution in [2.75, 3.05) is 0 Å². The van der Waals surface area contributed by atoms with Crippen molar-refractivity contribution in [2.45, 2.75) is 0 Å². The Balaban J connectivity index is 2.18. The second-order valence-corrected chi connectivity index (χ2v) is 4.49. The van der Waals surface area contributed by atoms with Crippen LogP contribution in [0.1, 0.15) is 5.56 Å². The number of benzene rings is 1. The molecule has 2 aliphatic rings. The van der Waals surface area contributed by atoms with Gasteiger partial charge >= 0.3 is 81.5 Å². The summed E-state index contributed by atoms with van der Waals surface area (Å²) in [6.07, 6.45) is 2.14. The Morgan fingerprint density at radius 2 is 2.23 bits per heavy atom. The monoisotopic (exact) mass is 238 g/mol. The molecule has 4 heteroatoms. The average molecular weight is 237 g/mol. The van der Waals surface area contributed by atoms with Crippen LogP contribution in [0.25, 0.3) is 6.08 Å². The zero-order valence-electron chi connectivity index (χ0n) is 6.65. The first-order valence-electron chi connectivity index (χ1n) is 3.92. The van der Waals surface area contributed by atoms with Gasteiger partial charge in [0, 0.05) is 0 Å². The Morgan fingerprint density at radius 1 is 1.31 bits per heavy atom. The molecule has 2 heterocycles.